The van der Waals surface area contributed by atoms with E-state index < -0.39 is 0 Å². The number of likely N-dealkylation sites (N-methyl/N-ethyl adjacent to an activating group) is 1. The Balaban J connectivity index is 2.19. The zero-order chi connectivity index (χ0) is 13.9. The molecule has 0 aromatic carbocycles. The summed E-state index contributed by atoms with van der Waals surface area (Å²) < 4.78 is 0. The van der Waals surface area contributed by atoms with E-state index in [2.05, 4.69) is 4.90 Å². The predicted molar refractivity (Wildman–Crippen MR) is 78.1 cm³/mol. The number of unbranched alkanes of at least 4 members (excludes halogenated alkanes) is 2. The normalized spacial score (nSPS) is 17.3. The standard InChI is InChI=1S/C15H30N2O2/c1-16(10-6-5-9-13-18)14-15(19)17-11-7-3-2-4-8-12-17/h18H,2-14H2,1H3. The van der Waals surface area contributed by atoms with Gasteiger partial charge in [-0.3, -0.25) is 9.69 Å². The Labute approximate surface area is 117 Å². The Morgan fingerprint density at radius 2 is 1.68 bits per heavy atom. The van der Waals surface area contributed by atoms with Crippen molar-refractivity contribution in [1.82, 2.24) is 9.80 Å². The maximum atomic E-state index is 12.2. The molecule has 1 aliphatic rings. The van der Waals surface area contributed by atoms with Gasteiger partial charge in [0.25, 0.3) is 0 Å². The van der Waals surface area contributed by atoms with Crippen molar-refractivity contribution in [2.24, 2.45) is 0 Å². The highest BCUT2D eigenvalue weighted by atomic mass is 16.2. The molecule has 19 heavy (non-hydrogen) atoms. The number of carbonyl (C=O) groups is 1. The van der Waals surface area contributed by atoms with Gasteiger partial charge < -0.3 is 10.0 Å². The number of aliphatic hydroxyl groups is 1. The Kier molecular flexibility index (Phi) is 8.84. The summed E-state index contributed by atoms with van der Waals surface area (Å²) in [7, 11) is 2.01. The van der Waals surface area contributed by atoms with Gasteiger partial charge in [0.15, 0.2) is 0 Å². The molecule has 0 aliphatic carbocycles. The first-order valence-corrected chi connectivity index (χ1v) is 7.81. The van der Waals surface area contributed by atoms with Gasteiger partial charge in [0.2, 0.25) is 5.91 Å². The highest BCUT2D eigenvalue weighted by Gasteiger charge is 2.16. The summed E-state index contributed by atoms with van der Waals surface area (Å²) in [5.74, 6) is 0.284. The second-order valence-corrected chi connectivity index (χ2v) is 5.67. The topological polar surface area (TPSA) is 43.8 Å². The fourth-order valence-electron chi connectivity index (χ4n) is 2.58. The number of aliphatic hydroxyl groups excluding tert-OH is 1. The van der Waals surface area contributed by atoms with E-state index in [1.54, 1.807) is 0 Å². The monoisotopic (exact) mass is 270 g/mol. The molecule has 0 unspecified atom stereocenters. The van der Waals surface area contributed by atoms with Crippen molar-refractivity contribution in [3.63, 3.8) is 0 Å². The van der Waals surface area contributed by atoms with Crippen molar-refractivity contribution < 1.29 is 9.90 Å². The SMILES string of the molecule is CN(CCCCCO)CC(=O)N1CCCCCCC1. The Hall–Kier alpha value is -0.610. The molecule has 1 N–H and O–H groups in total. The van der Waals surface area contributed by atoms with Crippen molar-refractivity contribution in [3.05, 3.63) is 0 Å². The van der Waals surface area contributed by atoms with Gasteiger partial charge in [-0.05, 0) is 45.7 Å². The van der Waals surface area contributed by atoms with E-state index in [0.29, 0.717) is 6.54 Å². The first-order valence-electron chi connectivity index (χ1n) is 7.81. The quantitative estimate of drug-likeness (QED) is 0.718. The fraction of sp³-hybridized carbons (Fsp3) is 0.933. The van der Waals surface area contributed by atoms with Gasteiger partial charge >= 0.3 is 0 Å². The van der Waals surface area contributed by atoms with Gasteiger partial charge in [-0.1, -0.05) is 19.3 Å². The number of amides is 1. The molecule has 0 aromatic rings. The van der Waals surface area contributed by atoms with Gasteiger partial charge in [-0.15, -0.1) is 0 Å². The third-order valence-electron chi connectivity index (χ3n) is 3.81. The van der Waals surface area contributed by atoms with E-state index in [4.69, 9.17) is 5.11 Å². The molecular weight excluding hydrogens is 240 g/mol. The summed E-state index contributed by atoms with van der Waals surface area (Å²) in [6, 6.07) is 0. The van der Waals surface area contributed by atoms with Crippen molar-refractivity contribution in [2.45, 2.75) is 51.4 Å². The molecular formula is C15H30N2O2. The summed E-state index contributed by atoms with van der Waals surface area (Å²) in [5, 5.41) is 8.72. The molecule has 1 rings (SSSR count). The summed E-state index contributed by atoms with van der Waals surface area (Å²) >= 11 is 0. The van der Waals surface area contributed by atoms with E-state index in [9.17, 15) is 4.79 Å². The van der Waals surface area contributed by atoms with E-state index in [0.717, 1.165) is 51.7 Å². The minimum absolute atomic E-state index is 0.274. The molecule has 0 saturated carbocycles. The number of likely N-dealkylation sites (tertiary alicyclic amines) is 1. The summed E-state index contributed by atoms with van der Waals surface area (Å²) in [6.45, 7) is 3.64. The molecule has 4 heteroatoms. The maximum Gasteiger partial charge on any atom is 0.236 e. The van der Waals surface area contributed by atoms with Crippen LogP contribution in [0.3, 0.4) is 0 Å². The summed E-state index contributed by atoms with van der Waals surface area (Å²) in [6.07, 6.45) is 9.14. The van der Waals surface area contributed by atoms with Crippen molar-refractivity contribution in [3.8, 4) is 0 Å². The highest BCUT2D eigenvalue weighted by Crippen LogP contribution is 2.10. The molecule has 1 amide bonds. The molecule has 1 aliphatic heterocycles. The lowest BCUT2D eigenvalue weighted by Gasteiger charge is -2.27. The molecule has 1 heterocycles. The minimum atomic E-state index is 0.274. The van der Waals surface area contributed by atoms with Crippen LogP contribution < -0.4 is 0 Å². The van der Waals surface area contributed by atoms with Crippen LogP contribution in [0, 0.1) is 0 Å². The second-order valence-electron chi connectivity index (χ2n) is 5.67. The molecule has 1 saturated heterocycles. The Morgan fingerprint density at radius 1 is 1.05 bits per heavy atom. The van der Waals surface area contributed by atoms with Gasteiger partial charge in [0.05, 0.1) is 6.54 Å². The van der Waals surface area contributed by atoms with Crippen LogP contribution in [0.1, 0.15) is 51.4 Å². The van der Waals surface area contributed by atoms with Crippen LogP contribution in [-0.4, -0.2) is 60.6 Å². The zero-order valence-corrected chi connectivity index (χ0v) is 12.4. The van der Waals surface area contributed by atoms with Crippen LogP contribution >= 0.6 is 0 Å². The molecule has 4 nitrogen and oxygen atoms in total. The average Bonchev–Trinajstić information content (AvgIpc) is 2.34. The number of carbonyl (C=O) groups excluding carboxylic acids is 1. The van der Waals surface area contributed by atoms with Gasteiger partial charge in [0.1, 0.15) is 0 Å². The smallest absolute Gasteiger partial charge is 0.236 e. The minimum Gasteiger partial charge on any atom is -0.396 e. The van der Waals surface area contributed by atoms with Gasteiger partial charge in [-0.25, -0.2) is 0 Å². The van der Waals surface area contributed by atoms with Crippen LogP contribution in [0.2, 0.25) is 0 Å². The first kappa shape index (κ1) is 16.4. The van der Waals surface area contributed by atoms with Crippen LogP contribution in [-0.2, 0) is 4.79 Å². The number of hydrogen-bond acceptors (Lipinski definition) is 3. The van der Waals surface area contributed by atoms with Crippen molar-refractivity contribution in [2.75, 3.05) is 39.8 Å². The molecule has 1 fully saturated rings. The zero-order valence-electron chi connectivity index (χ0n) is 12.4. The first-order chi connectivity index (χ1) is 9.24. The van der Waals surface area contributed by atoms with Gasteiger partial charge in [-0.2, -0.15) is 0 Å². The Morgan fingerprint density at radius 3 is 2.32 bits per heavy atom. The third kappa shape index (κ3) is 7.53. The van der Waals surface area contributed by atoms with Crippen molar-refractivity contribution >= 4 is 5.91 Å². The number of nitrogens with zero attached hydrogens (tertiary/aromatic N) is 2. The van der Waals surface area contributed by atoms with Crippen LogP contribution in [0.15, 0.2) is 0 Å². The van der Waals surface area contributed by atoms with E-state index in [1.165, 1.54) is 19.3 Å². The van der Waals surface area contributed by atoms with Crippen LogP contribution in [0.4, 0.5) is 0 Å². The maximum absolute atomic E-state index is 12.2. The molecule has 0 bridgehead atoms. The predicted octanol–water partition coefficient (Wildman–Crippen LogP) is 1.87. The van der Waals surface area contributed by atoms with Crippen molar-refractivity contribution in [1.29, 1.82) is 0 Å². The molecule has 0 aromatic heterocycles. The molecule has 0 spiro atoms. The number of hydrogen-bond donors (Lipinski definition) is 1. The van der Waals surface area contributed by atoms with E-state index >= 15 is 0 Å². The summed E-state index contributed by atoms with van der Waals surface area (Å²) in [4.78, 5) is 16.4. The lowest BCUT2D eigenvalue weighted by Crippen LogP contribution is -2.40. The highest BCUT2D eigenvalue weighted by molar-refractivity contribution is 5.78. The average molecular weight is 270 g/mol. The molecule has 0 atom stereocenters. The molecule has 0 radical (unpaired) electrons. The Bertz CT molecular complexity index is 238. The second kappa shape index (κ2) is 10.2. The van der Waals surface area contributed by atoms with Crippen LogP contribution in [0.25, 0.3) is 0 Å². The van der Waals surface area contributed by atoms with E-state index in [1.807, 2.05) is 11.9 Å². The lowest BCUT2D eigenvalue weighted by atomic mass is 10.1. The van der Waals surface area contributed by atoms with Crippen LogP contribution in [0.5, 0.6) is 0 Å². The summed E-state index contributed by atoms with van der Waals surface area (Å²) in [5.41, 5.74) is 0. The number of rotatable bonds is 7. The molecule has 112 valence electrons. The van der Waals surface area contributed by atoms with Gasteiger partial charge in [0, 0.05) is 19.7 Å². The fourth-order valence-corrected chi connectivity index (χ4v) is 2.58. The van der Waals surface area contributed by atoms with E-state index in [-0.39, 0.29) is 12.5 Å². The largest absolute Gasteiger partial charge is 0.396 e. The third-order valence-corrected chi connectivity index (χ3v) is 3.81. The lowest BCUT2D eigenvalue weighted by molar-refractivity contribution is -0.132.